The summed E-state index contributed by atoms with van der Waals surface area (Å²) in [5.74, 6) is 2.92. The van der Waals surface area contributed by atoms with Gasteiger partial charge in [-0.2, -0.15) is 0 Å². The molecule has 1 saturated heterocycles. The first-order chi connectivity index (χ1) is 17.9. The fraction of sp³-hybridized carbons (Fsp3) is 0.483. The Morgan fingerprint density at radius 1 is 1.05 bits per heavy atom. The van der Waals surface area contributed by atoms with Crippen LogP contribution < -0.4 is 10.1 Å². The van der Waals surface area contributed by atoms with Gasteiger partial charge in [0.2, 0.25) is 11.8 Å². The van der Waals surface area contributed by atoms with Gasteiger partial charge >= 0.3 is 0 Å². The van der Waals surface area contributed by atoms with Crippen molar-refractivity contribution in [2.45, 2.75) is 50.2 Å². The minimum atomic E-state index is -0.548. The van der Waals surface area contributed by atoms with E-state index in [-0.39, 0.29) is 23.7 Å². The average Bonchev–Trinajstić information content (AvgIpc) is 2.87. The summed E-state index contributed by atoms with van der Waals surface area (Å²) in [7, 11) is 1.61. The van der Waals surface area contributed by atoms with Crippen LogP contribution in [0.3, 0.4) is 0 Å². The lowest BCUT2D eigenvalue weighted by Gasteiger charge is -2.58. The maximum Gasteiger partial charge on any atom is 0.238 e. The Morgan fingerprint density at radius 2 is 1.68 bits per heavy atom. The van der Waals surface area contributed by atoms with E-state index in [0.717, 1.165) is 29.2 Å². The zero-order chi connectivity index (χ0) is 25.6. The number of amides is 2. The molecule has 0 unspecified atom stereocenters. The second-order valence-electron chi connectivity index (χ2n) is 11.3. The smallest absolute Gasteiger partial charge is 0.238 e. The number of anilines is 1. The molecule has 5 aliphatic rings. The van der Waals surface area contributed by atoms with E-state index in [1.165, 1.54) is 50.3 Å². The normalized spacial score (nSPS) is 31.6. The number of amidine groups is 1. The molecule has 4 aliphatic carbocycles. The fourth-order valence-electron chi connectivity index (χ4n) is 7.34. The summed E-state index contributed by atoms with van der Waals surface area (Å²) in [6, 6.07) is 14.5. The first kappa shape index (κ1) is 24.8. The van der Waals surface area contributed by atoms with Crippen molar-refractivity contribution in [3.63, 3.8) is 0 Å². The number of hydrogen-bond donors (Lipinski definition) is 1. The summed E-state index contributed by atoms with van der Waals surface area (Å²) in [6.07, 6.45) is 7.89. The number of carbonyl (C=O) groups excluding carboxylic acids is 2. The number of halogens is 1. The molecule has 2 aromatic rings. The first-order valence-electron chi connectivity index (χ1n) is 13.1. The maximum atomic E-state index is 13.6. The van der Waals surface area contributed by atoms with E-state index in [0.29, 0.717) is 22.4 Å². The van der Waals surface area contributed by atoms with E-state index in [4.69, 9.17) is 21.3 Å². The fourth-order valence-corrected chi connectivity index (χ4v) is 8.56. The van der Waals surface area contributed by atoms with Crippen LogP contribution in [0, 0.1) is 23.2 Å². The van der Waals surface area contributed by atoms with Crippen molar-refractivity contribution in [1.29, 1.82) is 0 Å². The highest BCUT2D eigenvalue weighted by atomic mass is 35.5. The second-order valence-corrected chi connectivity index (χ2v) is 12.9. The monoisotopic (exact) mass is 537 g/mol. The number of nitrogens with zero attached hydrogens (tertiary/aromatic N) is 2. The van der Waals surface area contributed by atoms with Crippen LogP contribution in [0.25, 0.3) is 0 Å². The third-order valence-corrected chi connectivity index (χ3v) is 9.94. The first-order valence-corrected chi connectivity index (χ1v) is 14.4. The van der Waals surface area contributed by atoms with Crippen LogP contribution in [-0.4, -0.2) is 40.8 Å². The van der Waals surface area contributed by atoms with Gasteiger partial charge in [-0.1, -0.05) is 23.4 Å². The van der Waals surface area contributed by atoms with Crippen LogP contribution in [0.2, 0.25) is 5.02 Å². The van der Waals surface area contributed by atoms with Gasteiger partial charge in [-0.15, -0.1) is 0 Å². The highest BCUT2D eigenvalue weighted by Gasteiger charge is 2.52. The van der Waals surface area contributed by atoms with Gasteiger partial charge < -0.3 is 10.1 Å². The number of carbonyl (C=O) groups is 2. The molecule has 0 aromatic heterocycles. The van der Waals surface area contributed by atoms with Gasteiger partial charge in [-0.05, 0) is 110 Å². The van der Waals surface area contributed by atoms with E-state index >= 15 is 0 Å². The predicted molar refractivity (Wildman–Crippen MR) is 148 cm³/mol. The van der Waals surface area contributed by atoms with E-state index in [2.05, 4.69) is 5.32 Å². The van der Waals surface area contributed by atoms with Gasteiger partial charge in [0.1, 0.15) is 11.0 Å². The quantitative estimate of drug-likeness (QED) is 0.455. The SMILES string of the molecule is COc1ccc(NC(=O)[C@H]2CC(=O)N(CC34CC5CC(CC(C5)C3)C4)C(=Nc3ccc(Cl)cc3)S2)cc1. The van der Waals surface area contributed by atoms with Crippen LogP contribution in [0.15, 0.2) is 53.5 Å². The third-order valence-electron chi connectivity index (χ3n) is 8.50. The van der Waals surface area contributed by atoms with Crippen LogP contribution in [0.5, 0.6) is 5.75 Å². The summed E-state index contributed by atoms with van der Waals surface area (Å²) in [4.78, 5) is 33.6. The number of nitrogens with one attached hydrogen (secondary N) is 1. The molecule has 0 spiro atoms. The molecule has 1 N–H and O–H groups in total. The number of ether oxygens (including phenoxy) is 1. The van der Waals surface area contributed by atoms with Gasteiger partial charge in [0, 0.05) is 23.7 Å². The second kappa shape index (κ2) is 9.99. The lowest BCUT2D eigenvalue weighted by Crippen LogP contribution is -2.55. The van der Waals surface area contributed by atoms with Gasteiger partial charge in [0.05, 0.1) is 12.8 Å². The molecule has 4 saturated carbocycles. The Hall–Kier alpha value is -2.51. The van der Waals surface area contributed by atoms with Gasteiger partial charge in [-0.3, -0.25) is 14.5 Å². The zero-order valence-corrected chi connectivity index (χ0v) is 22.6. The number of aliphatic imine (C=N–C) groups is 1. The Balaban J connectivity index is 1.24. The van der Waals surface area contributed by atoms with E-state index < -0.39 is 5.25 Å². The van der Waals surface area contributed by atoms with E-state index in [9.17, 15) is 9.59 Å². The molecule has 6 nitrogen and oxygen atoms in total. The van der Waals surface area contributed by atoms with Crippen molar-refractivity contribution in [1.82, 2.24) is 4.90 Å². The summed E-state index contributed by atoms with van der Waals surface area (Å²) >= 11 is 7.48. The molecule has 7 rings (SSSR count). The Morgan fingerprint density at radius 3 is 2.27 bits per heavy atom. The number of benzene rings is 2. The summed E-state index contributed by atoms with van der Waals surface area (Å²) in [5, 5.41) is 3.66. The number of methoxy groups -OCH3 is 1. The lowest BCUT2D eigenvalue weighted by molar-refractivity contribution is -0.133. The third kappa shape index (κ3) is 5.26. The van der Waals surface area contributed by atoms with Gasteiger partial charge in [0.25, 0.3) is 0 Å². The lowest BCUT2D eigenvalue weighted by atomic mass is 9.49. The van der Waals surface area contributed by atoms with Crippen molar-refractivity contribution >= 4 is 51.7 Å². The molecule has 194 valence electrons. The average molecular weight is 538 g/mol. The van der Waals surface area contributed by atoms with E-state index in [1.54, 1.807) is 43.5 Å². The maximum absolute atomic E-state index is 13.6. The molecular formula is C29H32ClN3O3S. The molecule has 1 heterocycles. The number of hydrogen-bond acceptors (Lipinski definition) is 5. The molecule has 37 heavy (non-hydrogen) atoms. The molecular weight excluding hydrogens is 506 g/mol. The largest absolute Gasteiger partial charge is 0.497 e. The number of rotatable bonds is 6. The standard InChI is InChI=1S/C29H32ClN3O3S/c1-36-24-8-6-22(7-9-24)31-27(35)25-13-26(34)33(28(37-25)32-23-4-2-21(30)3-5-23)17-29-14-18-10-19(15-29)12-20(11-18)16-29/h2-9,18-20,25H,10-17H2,1H3,(H,31,35)/t18?,19?,20?,25-,29?/m1/s1. The summed E-state index contributed by atoms with van der Waals surface area (Å²) in [5.41, 5.74) is 1.58. The Kier molecular flexibility index (Phi) is 6.70. The van der Waals surface area contributed by atoms with Crippen LogP contribution in [-0.2, 0) is 9.59 Å². The minimum Gasteiger partial charge on any atom is -0.497 e. The van der Waals surface area contributed by atoms with Crippen LogP contribution in [0.1, 0.15) is 44.9 Å². The van der Waals surface area contributed by atoms with Crippen molar-refractivity contribution in [2.24, 2.45) is 28.2 Å². The van der Waals surface area contributed by atoms with Crippen LogP contribution in [0.4, 0.5) is 11.4 Å². The number of thioether (sulfide) groups is 1. The van der Waals surface area contributed by atoms with Gasteiger partial charge in [0.15, 0.2) is 5.17 Å². The topological polar surface area (TPSA) is 71.0 Å². The molecule has 1 aliphatic heterocycles. The van der Waals surface area contributed by atoms with Crippen molar-refractivity contribution in [3.05, 3.63) is 53.6 Å². The van der Waals surface area contributed by atoms with Crippen molar-refractivity contribution < 1.29 is 14.3 Å². The van der Waals surface area contributed by atoms with Gasteiger partial charge in [-0.25, -0.2) is 4.99 Å². The highest BCUT2D eigenvalue weighted by molar-refractivity contribution is 8.15. The van der Waals surface area contributed by atoms with Crippen molar-refractivity contribution in [3.8, 4) is 5.75 Å². The molecule has 5 fully saturated rings. The molecule has 0 radical (unpaired) electrons. The molecule has 4 bridgehead atoms. The molecule has 1 atom stereocenters. The highest BCUT2D eigenvalue weighted by Crippen LogP contribution is 2.60. The molecule has 8 heteroatoms. The summed E-state index contributed by atoms with van der Waals surface area (Å²) < 4.78 is 5.20. The van der Waals surface area contributed by atoms with Crippen LogP contribution >= 0.6 is 23.4 Å². The Labute approximate surface area is 227 Å². The van der Waals surface area contributed by atoms with E-state index in [1.807, 2.05) is 17.0 Å². The summed E-state index contributed by atoms with van der Waals surface area (Å²) in [6.45, 7) is 0.710. The minimum absolute atomic E-state index is 0.0166. The predicted octanol–water partition coefficient (Wildman–Crippen LogP) is 6.53. The molecule has 2 aromatic carbocycles. The Bertz CT molecular complexity index is 1180. The zero-order valence-electron chi connectivity index (χ0n) is 21.0. The van der Waals surface area contributed by atoms with Crippen molar-refractivity contribution in [2.75, 3.05) is 19.0 Å². The molecule has 2 amide bonds.